The summed E-state index contributed by atoms with van der Waals surface area (Å²) in [6.07, 6.45) is 2.91. The van der Waals surface area contributed by atoms with Gasteiger partial charge >= 0.3 is 0 Å². The molecule has 0 aliphatic carbocycles. The molecule has 0 unspecified atom stereocenters. The Bertz CT molecular complexity index is 410. The second-order valence-corrected chi connectivity index (χ2v) is 4.84. The van der Waals surface area contributed by atoms with Gasteiger partial charge in [0.05, 0.1) is 11.4 Å². The lowest BCUT2D eigenvalue weighted by atomic mass is 10.0. The Hall–Kier alpha value is -1.52. The number of aromatic amines is 1. The van der Waals surface area contributed by atoms with Crippen LogP contribution >= 0.6 is 0 Å². The van der Waals surface area contributed by atoms with Crippen LogP contribution in [0.5, 0.6) is 0 Å². The molecule has 0 radical (unpaired) electrons. The van der Waals surface area contributed by atoms with Crippen molar-refractivity contribution in [2.24, 2.45) is 5.92 Å². The molecule has 1 amide bonds. The fourth-order valence-electron chi connectivity index (χ4n) is 2.18. The van der Waals surface area contributed by atoms with Crippen molar-refractivity contribution < 1.29 is 4.79 Å². The minimum atomic E-state index is -0.0668. The van der Waals surface area contributed by atoms with Gasteiger partial charge in [-0.2, -0.15) is 5.10 Å². The molecule has 5 heteroatoms. The van der Waals surface area contributed by atoms with E-state index >= 15 is 0 Å². The number of anilines is 1. The molecule has 1 aromatic heterocycles. The number of nitrogens with two attached hydrogens (primary N) is 1. The smallest absolute Gasteiger partial charge is 0.276 e. The average molecular weight is 266 g/mol. The maximum atomic E-state index is 12.5. The molecule has 0 aromatic carbocycles. The Labute approximate surface area is 115 Å². The summed E-state index contributed by atoms with van der Waals surface area (Å²) in [6, 6.07) is 0. The summed E-state index contributed by atoms with van der Waals surface area (Å²) in [4.78, 5) is 14.3. The lowest BCUT2D eigenvalue weighted by Gasteiger charge is -2.24. The Morgan fingerprint density at radius 2 is 1.95 bits per heavy atom. The molecule has 0 atom stereocenters. The van der Waals surface area contributed by atoms with Crippen LogP contribution < -0.4 is 5.73 Å². The molecule has 0 saturated carbocycles. The number of H-pyrrole nitrogens is 1. The Morgan fingerprint density at radius 3 is 2.37 bits per heavy atom. The summed E-state index contributed by atoms with van der Waals surface area (Å²) in [6.45, 7) is 9.75. The van der Waals surface area contributed by atoms with Crippen LogP contribution in [-0.4, -0.2) is 34.1 Å². The third-order valence-electron chi connectivity index (χ3n) is 3.74. The second-order valence-electron chi connectivity index (χ2n) is 4.84. The van der Waals surface area contributed by atoms with Crippen molar-refractivity contribution >= 4 is 11.6 Å². The topological polar surface area (TPSA) is 75.0 Å². The number of nitrogens with zero attached hydrogens (tertiary/aromatic N) is 2. The largest absolute Gasteiger partial charge is 0.395 e. The molecule has 19 heavy (non-hydrogen) atoms. The van der Waals surface area contributed by atoms with Gasteiger partial charge in [0.1, 0.15) is 0 Å². The molecule has 1 rings (SSSR count). The van der Waals surface area contributed by atoms with Crippen molar-refractivity contribution in [1.29, 1.82) is 0 Å². The first-order valence-electron chi connectivity index (χ1n) is 7.20. The SMILES string of the molecule is CCc1[nH]nc(C(=O)N(CC)CC(CC)CC)c1N. The van der Waals surface area contributed by atoms with Crippen LogP contribution in [0.2, 0.25) is 0 Å². The number of aryl methyl sites for hydroxylation is 1. The average Bonchev–Trinajstić information content (AvgIpc) is 2.80. The van der Waals surface area contributed by atoms with E-state index in [1.54, 1.807) is 0 Å². The zero-order valence-electron chi connectivity index (χ0n) is 12.5. The number of aromatic nitrogens is 2. The third kappa shape index (κ3) is 3.49. The van der Waals surface area contributed by atoms with Crippen LogP contribution in [0.15, 0.2) is 0 Å². The standard InChI is InChI=1S/C14H26N4O/c1-5-10(6-2)9-18(8-4)14(19)13-12(15)11(7-3)16-17-13/h10H,5-9,15H2,1-4H3,(H,16,17). The van der Waals surface area contributed by atoms with Crippen LogP contribution in [0.25, 0.3) is 0 Å². The van der Waals surface area contributed by atoms with E-state index in [1.165, 1.54) is 0 Å². The third-order valence-corrected chi connectivity index (χ3v) is 3.74. The first kappa shape index (κ1) is 15.5. The van der Waals surface area contributed by atoms with Gasteiger partial charge in [0, 0.05) is 13.1 Å². The monoisotopic (exact) mass is 266 g/mol. The molecule has 0 aliphatic rings. The van der Waals surface area contributed by atoms with Crippen molar-refractivity contribution in [3.05, 3.63) is 11.4 Å². The Morgan fingerprint density at radius 1 is 1.32 bits per heavy atom. The van der Waals surface area contributed by atoms with Crippen molar-refractivity contribution in [2.45, 2.75) is 47.0 Å². The van der Waals surface area contributed by atoms with Gasteiger partial charge < -0.3 is 10.6 Å². The van der Waals surface area contributed by atoms with Gasteiger partial charge in [0.15, 0.2) is 5.69 Å². The van der Waals surface area contributed by atoms with Crippen LogP contribution in [0.3, 0.4) is 0 Å². The van der Waals surface area contributed by atoms with Crippen molar-refractivity contribution in [1.82, 2.24) is 15.1 Å². The summed E-state index contributed by atoms with van der Waals surface area (Å²) < 4.78 is 0. The Balaban J connectivity index is 2.86. The minimum absolute atomic E-state index is 0.0668. The van der Waals surface area contributed by atoms with Gasteiger partial charge in [-0.1, -0.05) is 33.6 Å². The van der Waals surface area contributed by atoms with Crippen molar-refractivity contribution in [3.63, 3.8) is 0 Å². The predicted octanol–water partition coefficient (Wildman–Crippen LogP) is 2.45. The molecule has 3 N–H and O–H groups in total. The number of hydrogen-bond donors (Lipinski definition) is 2. The molecule has 1 aromatic rings. The van der Waals surface area contributed by atoms with Gasteiger partial charge in [-0.05, 0) is 19.3 Å². The van der Waals surface area contributed by atoms with Crippen molar-refractivity contribution in [3.8, 4) is 0 Å². The van der Waals surface area contributed by atoms with Gasteiger partial charge in [0.25, 0.3) is 5.91 Å². The van der Waals surface area contributed by atoms with Crippen molar-refractivity contribution in [2.75, 3.05) is 18.8 Å². The summed E-state index contributed by atoms with van der Waals surface area (Å²) in [5, 5.41) is 6.92. The van der Waals surface area contributed by atoms with E-state index < -0.39 is 0 Å². The lowest BCUT2D eigenvalue weighted by molar-refractivity contribution is 0.0730. The predicted molar refractivity (Wildman–Crippen MR) is 78.0 cm³/mol. The van der Waals surface area contributed by atoms with E-state index in [1.807, 2.05) is 18.7 Å². The molecular weight excluding hydrogens is 240 g/mol. The summed E-state index contributed by atoms with van der Waals surface area (Å²) in [7, 11) is 0. The lowest BCUT2D eigenvalue weighted by Crippen LogP contribution is -2.35. The first-order valence-corrected chi connectivity index (χ1v) is 7.20. The highest BCUT2D eigenvalue weighted by Crippen LogP contribution is 2.18. The Kier molecular flexibility index (Phi) is 5.86. The second kappa shape index (κ2) is 7.16. The molecule has 0 bridgehead atoms. The fraction of sp³-hybridized carbons (Fsp3) is 0.714. The number of amides is 1. The fourth-order valence-corrected chi connectivity index (χ4v) is 2.18. The van der Waals surface area contributed by atoms with Gasteiger partial charge in [-0.25, -0.2) is 0 Å². The summed E-state index contributed by atoms with van der Waals surface area (Å²) >= 11 is 0. The number of carbonyl (C=O) groups excluding carboxylic acids is 1. The number of rotatable bonds is 7. The quantitative estimate of drug-likeness (QED) is 0.796. The van der Waals surface area contributed by atoms with Gasteiger partial charge in [0.2, 0.25) is 0 Å². The normalized spacial score (nSPS) is 11.0. The molecular formula is C14H26N4O. The van der Waals surface area contributed by atoms with Crippen LogP contribution in [-0.2, 0) is 6.42 Å². The van der Waals surface area contributed by atoms with E-state index in [0.717, 1.165) is 31.5 Å². The summed E-state index contributed by atoms with van der Waals surface area (Å²) in [5.41, 5.74) is 7.66. The number of hydrogen-bond acceptors (Lipinski definition) is 3. The number of nitrogen functional groups attached to an aromatic ring is 1. The molecule has 0 saturated heterocycles. The molecule has 5 nitrogen and oxygen atoms in total. The van der Waals surface area contributed by atoms with Crippen LogP contribution in [0.4, 0.5) is 5.69 Å². The molecule has 108 valence electrons. The van der Waals surface area contributed by atoms with E-state index in [-0.39, 0.29) is 5.91 Å². The maximum absolute atomic E-state index is 12.5. The van der Waals surface area contributed by atoms with E-state index in [0.29, 0.717) is 23.8 Å². The first-order chi connectivity index (χ1) is 9.08. The number of nitrogens with one attached hydrogen (secondary N) is 1. The molecule has 0 aliphatic heterocycles. The summed E-state index contributed by atoms with van der Waals surface area (Å²) in [5.74, 6) is 0.470. The molecule has 0 fully saturated rings. The zero-order valence-corrected chi connectivity index (χ0v) is 12.5. The highest BCUT2D eigenvalue weighted by Gasteiger charge is 2.23. The van der Waals surface area contributed by atoms with E-state index in [4.69, 9.17) is 5.73 Å². The highest BCUT2D eigenvalue weighted by molar-refractivity contribution is 5.97. The molecule has 1 heterocycles. The maximum Gasteiger partial charge on any atom is 0.276 e. The van der Waals surface area contributed by atoms with Gasteiger partial charge in [-0.3, -0.25) is 9.89 Å². The highest BCUT2D eigenvalue weighted by atomic mass is 16.2. The van der Waals surface area contributed by atoms with Crippen LogP contribution in [0, 0.1) is 5.92 Å². The van der Waals surface area contributed by atoms with E-state index in [2.05, 4.69) is 24.0 Å². The zero-order chi connectivity index (χ0) is 14.4. The van der Waals surface area contributed by atoms with E-state index in [9.17, 15) is 4.79 Å². The van der Waals surface area contributed by atoms with Gasteiger partial charge in [-0.15, -0.1) is 0 Å². The van der Waals surface area contributed by atoms with Crippen LogP contribution in [0.1, 0.15) is 56.7 Å². The number of carbonyl (C=O) groups is 1. The molecule has 0 spiro atoms. The minimum Gasteiger partial charge on any atom is -0.395 e.